The molecule has 0 spiro atoms. The molecule has 0 amide bonds. The molecule has 15 heavy (non-hydrogen) atoms. The molecule has 0 unspecified atom stereocenters. The zero-order valence-corrected chi connectivity index (χ0v) is 8.73. The van der Waals surface area contributed by atoms with Crippen LogP contribution in [-0.2, 0) is 13.0 Å². The number of oxazole rings is 1. The Morgan fingerprint density at radius 1 is 1.33 bits per heavy atom. The third-order valence-electron chi connectivity index (χ3n) is 2.39. The van der Waals surface area contributed by atoms with Crippen molar-refractivity contribution >= 4 is 0 Å². The number of nitrogens with two attached hydrogens (primary N) is 1. The Bertz CT molecular complexity index is 448. The number of rotatable bonds is 3. The summed E-state index contributed by atoms with van der Waals surface area (Å²) in [6.07, 6.45) is 2.71. The van der Waals surface area contributed by atoms with E-state index >= 15 is 0 Å². The van der Waals surface area contributed by atoms with Crippen LogP contribution in [0.15, 0.2) is 34.9 Å². The second-order valence-electron chi connectivity index (χ2n) is 3.33. The van der Waals surface area contributed by atoms with Crippen molar-refractivity contribution in [3.63, 3.8) is 0 Å². The van der Waals surface area contributed by atoms with Crippen molar-refractivity contribution in [2.24, 2.45) is 5.73 Å². The van der Waals surface area contributed by atoms with Crippen LogP contribution in [0.2, 0.25) is 0 Å². The Labute approximate surface area is 88.9 Å². The van der Waals surface area contributed by atoms with Crippen LogP contribution >= 0.6 is 0 Å². The minimum atomic E-state index is 0.342. The minimum Gasteiger partial charge on any atom is -0.439 e. The van der Waals surface area contributed by atoms with Crippen LogP contribution in [0.1, 0.15) is 18.4 Å². The zero-order valence-electron chi connectivity index (χ0n) is 8.73. The molecular formula is C12H14N2O. The van der Waals surface area contributed by atoms with Crippen molar-refractivity contribution in [3.05, 3.63) is 41.9 Å². The van der Waals surface area contributed by atoms with Crippen LogP contribution in [0, 0.1) is 0 Å². The topological polar surface area (TPSA) is 52.0 Å². The summed E-state index contributed by atoms with van der Waals surface area (Å²) in [6, 6.07) is 8.17. The molecule has 78 valence electrons. The highest BCUT2D eigenvalue weighted by molar-refractivity contribution is 5.61. The lowest BCUT2D eigenvalue weighted by atomic mass is 10.0. The predicted molar refractivity (Wildman–Crippen MR) is 59.2 cm³/mol. The lowest BCUT2D eigenvalue weighted by Crippen LogP contribution is -1.94. The van der Waals surface area contributed by atoms with Crippen LogP contribution in [0.25, 0.3) is 11.3 Å². The Morgan fingerprint density at radius 3 is 2.80 bits per heavy atom. The first kappa shape index (κ1) is 9.93. The molecule has 0 atom stereocenters. The molecule has 0 saturated heterocycles. The van der Waals surface area contributed by atoms with E-state index in [0.29, 0.717) is 12.4 Å². The van der Waals surface area contributed by atoms with Crippen molar-refractivity contribution in [1.82, 2.24) is 4.98 Å². The Hall–Kier alpha value is -1.61. The van der Waals surface area contributed by atoms with Gasteiger partial charge in [0.2, 0.25) is 5.89 Å². The SMILES string of the molecule is CCc1ccccc1-c1cnc(CN)o1. The van der Waals surface area contributed by atoms with E-state index in [9.17, 15) is 0 Å². The van der Waals surface area contributed by atoms with Gasteiger partial charge >= 0.3 is 0 Å². The van der Waals surface area contributed by atoms with Crippen LogP contribution in [0.3, 0.4) is 0 Å². The summed E-state index contributed by atoms with van der Waals surface area (Å²) in [4.78, 5) is 4.09. The predicted octanol–water partition coefficient (Wildman–Crippen LogP) is 2.36. The van der Waals surface area contributed by atoms with Gasteiger partial charge in [0.05, 0.1) is 12.7 Å². The third-order valence-corrected chi connectivity index (χ3v) is 2.39. The van der Waals surface area contributed by atoms with E-state index in [-0.39, 0.29) is 0 Å². The van der Waals surface area contributed by atoms with E-state index in [2.05, 4.69) is 18.0 Å². The molecule has 0 fully saturated rings. The number of hydrogen-bond donors (Lipinski definition) is 1. The largest absolute Gasteiger partial charge is 0.439 e. The van der Waals surface area contributed by atoms with Gasteiger partial charge in [-0.05, 0) is 12.0 Å². The highest BCUT2D eigenvalue weighted by Crippen LogP contribution is 2.24. The minimum absolute atomic E-state index is 0.342. The van der Waals surface area contributed by atoms with Crippen molar-refractivity contribution in [1.29, 1.82) is 0 Å². The Balaban J connectivity index is 2.44. The molecule has 1 heterocycles. The quantitative estimate of drug-likeness (QED) is 0.831. The number of benzene rings is 1. The molecule has 1 aromatic heterocycles. The molecule has 0 bridgehead atoms. The first-order valence-electron chi connectivity index (χ1n) is 5.08. The molecule has 0 aliphatic heterocycles. The van der Waals surface area contributed by atoms with Crippen LogP contribution < -0.4 is 5.73 Å². The summed E-state index contributed by atoms with van der Waals surface area (Å²) in [5.74, 6) is 1.38. The highest BCUT2D eigenvalue weighted by Gasteiger charge is 2.08. The van der Waals surface area contributed by atoms with E-state index in [1.807, 2.05) is 18.2 Å². The second-order valence-corrected chi connectivity index (χ2v) is 3.33. The fraction of sp³-hybridized carbons (Fsp3) is 0.250. The lowest BCUT2D eigenvalue weighted by molar-refractivity contribution is 0.509. The van der Waals surface area contributed by atoms with Gasteiger partial charge < -0.3 is 10.2 Å². The van der Waals surface area contributed by atoms with Gasteiger partial charge in [-0.1, -0.05) is 31.2 Å². The number of hydrogen-bond acceptors (Lipinski definition) is 3. The molecule has 0 aliphatic rings. The summed E-state index contributed by atoms with van der Waals surface area (Å²) in [5, 5.41) is 0. The maximum absolute atomic E-state index is 5.53. The number of nitrogens with zero attached hydrogens (tertiary/aromatic N) is 1. The van der Waals surface area contributed by atoms with E-state index in [0.717, 1.165) is 17.7 Å². The van der Waals surface area contributed by atoms with Crippen molar-refractivity contribution < 1.29 is 4.42 Å². The van der Waals surface area contributed by atoms with Crippen molar-refractivity contribution in [3.8, 4) is 11.3 Å². The molecular weight excluding hydrogens is 188 g/mol. The van der Waals surface area contributed by atoms with Gasteiger partial charge in [-0.25, -0.2) is 4.98 Å². The molecule has 3 heteroatoms. The molecule has 3 nitrogen and oxygen atoms in total. The van der Waals surface area contributed by atoms with Crippen molar-refractivity contribution in [2.45, 2.75) is 19.9 Å². The zero-order chi connectivity index (χ0) is 10.7. The maximum atomic E-state index is 5.53. The summed E-state index contributed by atoms with van der Waals surface area (Å²) in [5.41, 5.74) is 7.82. The van der Waals surface area contributed by atoms with Crippen molar-refractivity contribution in [2.75, 3.05) is 0 Å². The van der Waals surface area contributed by atoms with Crippen LogP contribution in [0.4, 0.5) is 0 Å². The van der Waals surface area contributed by atoms with E-state index in [1.54, 1.807) is 6.20 Å². The van der Waals surface area contributed by atoms with Gasteiger partial charge in [0.1, 0.15) is 0 Å². The fourth-order valence-electron chi connectivity index (χ4n) is 1.60. The normalized spacial score (nSPS) is 10.5. The number of aromatic nitrogens is 1. The standard InChI is InChI=1S/C12H14N2O/c1-2-9-5-3-4-6-10(9)11-8-14-12(7-13)15-11/h3-6,8H,2,7,13H2,1H3. The Kier molecular flexibility index (Phi) is 2.83. The van der Waals surface area contributed by atoms with Gasteiger partial charge in [-0.3, -0.25) is 0 Å². The Morgan fingerprint density at radius 2 is 2.13 bits per heavy atom. The van der Waals surface area contributed by atoms with Crippen LogP contribution in [0.5, 0.6) is 0 Å². The second kappa shape index (κ2) is 4.28. The van der Waals surface area contributed by atoms with Gasteiger partial charge in [0.25, 0.3) is 0 Å². The molecule has 2 aromatic rings. The van der Waals surface area contributed by atoms with Gasteiger partial charge in [-0.2, -0.15) is 0 Å². The van der Waals surface area contributed by atoms with Gasteiger partial charge in [0, 0.05) is 5.56 Å². The fourth-order valence-corrected chi connectivity index (χ4v) is 1.60. The first-order valence-corrected chi connectivity index (χ1v) is 5.08. The first-order chi connectivity index (χ1) is 7.35. The van der Waals surface area contributed by atoms with E-state index in [4.69, 9.17) is 10.2 Å². The maximum Gasteiger partial charge on any atom is 0.208 e. The number of aryl methyl sites for hydroxylation is 1. The average molecular weight is 202 g/mol. The summed E-state index contributed by atoms with van der Waals surface area (Å²) >= 11 is 0. The highest BCUT2D eigenvalue weighted by atomic mass is 16.4. The van der Waals surface area contributed by atoms with E-state index in [1.165, 1.54) is 5.56 Å². The average Bonchev–Trinajstić information content (AvgIpc) is 2.77. The summed E-state index contributed by atoms with van der Waals surface area (Å²) in [6.45, 7) is 2.47. The van der Waals surface area contributed by atoms with E-state index < -0.39 is 0 Å². The van der Waals surface area contributed by atoms with Crippen LogP contribution in [-0.4, -0.2) is 4.98 Å². The summed E-state index contributed by atoms with van der Waals surface area (Å²) in [7, 11) is 0. The molecule has 2 rings (SSSR count). The lowest BCUT2D eigenvalue weighted by Gasteiger charge is -2.03. The molecule has 0 radical (unpaired) electrons. The summed E-state index contributed by atoms with van der Waals surface area (Å²) < 4.78 is 5.53. The smallest absolute Gasteiger partial charge is 0.208 e. The monoisotopic (exact) mass is 202 g/mol. The van der Waals surface area contributed by atoms with Gasteiger partial charge in [-0.15, -0.1) is 0 Å². The third kappa shape index (κ3) is 1.92. The molecule has 1 aromatic carbocycles. The molecule has 0 saturated carbocycles. The van der Waals surface area contributed by atoms with Gasteiger partial charge in [0.15, 0.2) is 5.76 Å². The molecule has 0 aliphatic carbocycles. The molecule has 2 N–H and O–H groups in total.